The lowest BCUT2D eigenvalue weighted by atomic mass is 10.3. The second-order valence-electron chi connectivity index (χ2n) is 5.71. The molecule has 0 spiro atoms. The normalized spacial score (nSPS) is 15.5. The number of pyridine rings is 1. The van der Waals surface area contributed by atoms with E-state index in [1.54, 1.807) is 23.7 Å². The van der Waals surface area contributed by atoms with Gasteiger partial charge in [0.2, 0.25) is 0 Å². The van der Waals surface area contributed by atoms with Gasteiger partial charge in [0.25, 0.3) is 0 Å². The molecule has 0 aromatic carbocycles. The van der Waals surface area contributed by atoms with Gasteiger partial charge in [-0.05, 0) is 23.6 Å². The lowest BCUT2D eigenvalue weighted by Crippen LogP contribution is -2.47. The van der Waals surface area contributed by atoms with Crippen LogP contribution >= 0.6 is 11.3 Å². The van der Waals surface area contributed by atoms with E-state index in [0.717, 1.165) is 35.3 Å². The van der Waals surface area contributed by atoms with E-state index in [-0.39, 0.29) is 5.75 Å². The van der Waals surface area contributed by atoms with Crippen LogP contribution in [-0.4, -0.2) is 47.5 Å². The maximum absolute atomic E-state index is 12.2. The van der Waals surface area contributed by atoms with E-state index in [1.807, 2.05) is 16.3 Å². The quantitative estimate of drug-likeness (QED) is 0.694. The van der Waals surface area contributed by atoms with Crippen LogP contribution in [0.5, 0.6) is 5.75 Å². The van der Waals surface area contributed by atoms with Crippen LogP contribution in [0.15, 0.2) is 36.1 Å². The Bertz CT molecular complexity index is 891. The van der Waals surface area contributed by atoms with Crippen LogP contribution in [0.4, 0.5) is 24.8 Å². The molecule has 0 aliphatic carbocycles. The Kier molecular flexibility index (Phi) is 4.27. The van der Waals surface area contributed by atoms with Gasteiger partial charge in [-0.3, -0.25) is 0 Å². The monoisotopic (exact) mass is 381 g/mol. The number of fused-ring (bicyclic) bond motifs is 1. The minimum absolute atomic E-state index is 0.319. The first-order valence-electron chi connectivity index (χ1n) is 7.89. The number of halogens is 3. The van der Waals surface area contributed by atoms with E-state index in [4.69, 9.17) is 0 Å². The molecule has 26 heavy (non-hydrogen) atoms. The predicted molar refractivity (Wildman–Crippen MR) is 92.8 cm³/mol. The molecule has 10 heteroatoms. The Balaban J connectivity index is 1.43. The number of hydrogen-bond acceptors (Lipinski definition) is 7. The molecular formula is C16H14F3N5OS. The number of anilines is 2. The number of hydrogen-bond donors (Lipinski definition) is 0. The first-order valence-corrected chi connectivity index (χ1v) is 8.77. The van der Waals surface area contributed by atoms with Crippen molar-refractivity contribution in [2.75, 3.05) is 36.0 Å². The predicted octanol–water partition coefficient (Wildman–Crippen LogP) is 3.31. The molecule has 0 radical (unpaired) electrons. The molecule has 0 unspecified atom stereocenters. The molecule has 1 aliphatic rings. The van der Waals surface area contributed by atoms with Gasteiger partial charge in [0.05, 0.1) is 16.4 Å². The molecule has 3 aromatic heterocycles. The second-order valence-corrected chi connectivity index (χ2v) is 6.62. The van der Waals surface area contributed by atoms with Crippen molar-refractivity contribution in [2.45, 2.75) is 6.36 Å². The highest BCUT2D eigenvalue weighted by Gasteiger charge is 2.31. The molecule has 1 fully saturated rings. The summed E-state index contributed by atoms with van der Waals surface area (Å²) in [5.74, 6) is 1.23. The van der Waals surface area contributed by atoms with E-state index in [1.165, 1.54) is 6.07 Å². The Morgan fingerprint density at radius 2 is 1.73 bits per heavy atom. The molecule has 0 amide bonds. The van der Waals surface area contributed by atoms with Crippen molar-refractivity contribution in [3.8, 4) is 5.75 Å². The number of aromatic nitrogens is 3. The maximum Gasteiger partial charge on any atom is 0.573 e. The van der Waals surface area contributed by atoms with Gasteiger partial charge < -0.3 is 14.5 Å². The zero-order valence-corrected chi connectivity index (χ0v) is 14.3. The lowest BCUT2D eigenvalue weighted by Gasteiger charge is -2.36. The average Bonchev–Trinajstić information content (AvgIpc) is 3.10. The minimum atomic E-state index is -4.71. The molecule has 0 atom stereocenters. The Morgan fingerprint density at radius 1 is 0.962 bits per heavy atom. The fourth-order valence-electron chi connectivity index (χ4n) is 2.90. The van der Waals surface area contributed by atoms with Crippen LogP contribution in [0.25, 0.3) is 10.2 Å². The van der Waals surface area contributed by atoms with Crippen LogP contribution in [0.1, 0.15) is 0 Å². The average molecular weight is 381 g/mol. The van der Waals surface area contributed by atoms with Crippen molar-refractivity contribution < 1.29 is 17.9 Å². The molecule has 136 valence electrons. The third kappa shape index (κ3) is 3.50. The molecule has 6 nitrogen and oxygen atoms in total. The van der Waals surface area contributed by atoms with Gasteiger partial charge in [0.1, 0.15) is 23.7 Å². The first-order chi connectivity index (χ1) is 12.5. The summed E-state index contributed by atoms with van der Waals surface area (Å²) in [6.45, 7) is 2.88. The summed E-state index contributed by atoms with van der Waals surface area (Å²) in [5, 5.41) is 1.99. The summed E-state index contributed by atoms with van der Waals surface area (Å²) in [7, 11) is 0. The molecule has 3 aromatic rings. The summed E-state index contributed by atoms with van der Waals surface area (Å²) in [4.78, 5) is 17.0. The van der Waals surface area contributed by atoms with Crippen LogP contribution in [0.3, 0.4) is 0 Å². The van der Waals surface area contributed by atoms with E-state index in [0.29, 0.717) is 18.9 Å². The van der Waals surface area contributed by atoms with Gasteiger partial charge in [-0.1, -0.05) is 0 Å². The number of rotatable bonds is 3. The van der Waals surface area contributed by atoms with Crippen molar-refractivity contribution in [3.05, 3.63) is 36.1 Å². The summed E-state index contributed by atoms with van der Waals surface area (Å²) < 4.78 is 41.6. The number of alkyl halides is 3. The number of thiophene rings is 1. The smallest absolute Gasteiger partial charge is 0.404 e. The minimum Gasteiger partial charge on any atom is -0.404 e. The Hall–Kier alpha value is -2.62. The molecule has 4 rings (SSSR count). The van der Waals surface area contributed by atoms with Gasteiger partial charge in [-0.2, -0.15) is 0 Å². The highest BCUT2D eigenvalue weighted by atomic mass is 32.1. The molecule has 0 bridgehead atoms. The van der Waals surface area contributed by atoms with Crippen LogP contribution in [-0.2, 0) is 0 Å². The SMILES string of the molecule is FC(F)(F)Oc1ccc(N2CCN(c3ncnc4ccsc34)CC2)nc1. The van der Waals surface area contributed by atoms with E-state index < -0.39 is 6.36 Å². The third-order valence-corrected chi connectivity index (χ3v) is 4.98. The Labute approximate surface area is 150 Å². The first kappa shape index (κ1) is 16.8. The van der Waals surface area contributed by atoms with E-state index in [9.17, 15) is 13.2 Å². The van der Waals surface area contributed by atoms with Gasteiger partial charge in [0.15, 0.2) is 0 Å². The van der Waals surface area contributed by atoms with Crippen molar-refractivity contribution in [3.63, 3.8) is 0 Å². The highest BCUT2D eigenvalue weighted by Crippen LogP contribution is 2.29. The van der Waals surface area contributed by atoms with Crippen molar-refractivity contribution >= 4 is 33.2 Å². The Morgan fingerprint density at radius 3 is 2.42 bits per heavy atom. The molecule has 0 N–H and O–H groups in total. The molecule has 0 saturated carbocycles. The summed E-state index contributed by atoms with van der Waals surface area (Å²) >= 11 is 1.61. The topological polar surface area (TPSA) is 54.4 Å². The molecule has 1 aliphatic heterocycles. The van der Waals surface area contributed by atoms with Crippen molar-refractivity contribution in [1.82, 2.24) is 15.0 Å². The zero-order valence-electron chi connectivity index (χ0n) is 13.5. The second kappa shape index (κ2) is 6.60. The largest absolute Gasteiger partial charge is 0.573 e. The van der Waals surface area contributed by atoms with Gasteiger partial charge in [-0.25, -0.2) is 15.0 Å². The maximum atomic E-state index is 12.2. The number of piperazine rings is 1. The number of nitrogens with zero attached hydrogens (tertiary/aromatic N) is 5. The van der Waals surface area contributed by atoms with Crippen molar-refractivity contribution in [2.24, 2.45) is 0 Å². The zero-order chi connectivity index (χ0) is 18.1. The summed E-state index contributed by atoms with van der Waals surface area (Å²) in [6, 6.07) is 4.79. The van der Waals surface area contributed by atoms with E-state index >= 15 is 0 Å². The standard InChI is InChI=1S/C16H14F3N5OS/c17-16(18,19)25-11-1-2-13(20-9-11)23-4-6-24(7-5-23)15-14-12(3-8-26-14)21-10-22-15/h1-3,8-10H,4-7H2. The van der Waals surface area contributed by atoms with Gasteiger partial charge >= 0.3 is 6.36 Å². The third-order valence-electron chi connectivity index (χ3n) is 4.08. The molecule has 4 heterocycles. The molecular weight excluding hydrogens is 367 g/mol. The van der Waals surface area contributed by atoms with Crippen LogP contribution in [0.2, 0.25) is 0 Å². The fraction of sp³-hybridized carbons (Fsp3) is 0.312. The lowest BCUT2D eigenvalue weighted by molar-refractivity contribution is -0.274. The fourth-order valence-corrected chi connectivity index (χ4v) is 3.76. The molecule has 1 saturated heterocycles. The highest BCUT2D eigenvalue weighted by molar-refractivity contribution is 7.17. The van der Waals surface area contributed by atoms with E-state index in [2.05, 4.69) is 24.6 Å². The summed E-state index contributed by atoms with van der Waals surface area (Å²) in [6.07, 6.45) is -2.05. The van der Waals surface area contributed by atoms with Crippen LogP contribution in [0, 0.1) is 0 Å². The van der Waals surface area contributed by atoms with Crippen LogP contribution < -0.4 is 14.5 Å². The summed E-state index contributed by atoms with van der Waals surface area (Å²) in [5.41, 5.74) is 0.935. The number of ether oxygens (including phenoxy) is 1. The van der Waals surface area contributed by atoms with Gasteiger partial charge in [-0.15, -0.1) is 24.5 Å². The van der Waals surface area contributed by atoms with Gasteiger partial charge in [0, 0.05) is 26.2 Å². The van der Waals surface area contributed by atoms with Crippen molar-refractivity contribution in [1.29, 1.82) is 0 Å².